The van der Waals surface area contributed by atoms with E-state index in [-0.39, 0.29) is 28.5 Å². The standard InChI is InChI=1S/C65H65BN2/c1-40-51(45-33-43(41-20-16-14-17-21-41)32-44(34-45)42-22-18-15-19-23-42)39-58-60-59(40)54-37-49(65(11,12)13)36-53-52-35-47(63(5,6)7)26-30-56(52)68(61(53)54)66(60)55-38-48(64(8,9)10)27-31-57(55)67(58)50-28-24-46(25-29-50)62(2,3)4/h14-39H,1-13H3. The van der Waals surface area contributed by atoms with E-state index in [0.29, 0.717) is 0 Å². The van der Waals surface area contributed by atoms with E-state index >= 15 is 0 Å². The summed E-state index contributed by atoms with van der Waals surface area (Å²) in [5.41, 5.74) is 25.7. The van der Waals surface area contributed by atoms with Gasteiger partial charge in [-0.2, -0.15) is 0 Å². The van der Waals surface area contributed by atoms with Crippen molar-refractivity contribution in [2.45, 2.75) is 112 Å². The lowest BCUT2D eigenvalue weighted by atomic mass is 9.44. The SMILES string of the molecule is Cc1c(-c2cc(-c3ccccc3)cc(-c3ccccc3)c2)cc2c3c1-c1cc(C(C)(C)C)cc4c5cc(C(C)(C)C)ccc5n(c14)B3c1cc(C(C)(C)C)ccc1N2c1ccc(C(C)(C)C)cc1. The Balaban J connectivity index is 1.32. The lowest BCUT2D eigenvalue weighted by molar-refractivity contribution is 0.590. The predicted molar refractivity (Wildman–Crippen MR) is 296 cm³/mol. The Kier molecular flexibility index (Phi) is 9.84. The van der Waals surface area contributed by atoms with E-state index in [9.17, 15) is 0 Å². The van der Waals surface area contributed by atoms with Crippen molar-refractivity contribution in [3.63, 3.8) is 0 Å². The van der Waals surface area contributed by atoms with Gasteiger partial charge in [-0.15, -0.1) is 0 Å². The first kappa shape index (κ1) is 44.0. The van der Waals surface area contributed by atoms with Crippen LogP contribution in [0.15, 0.2) is 158 Å². The number of anilines is 3. The second-order valence-electron chi connectivity index (χ2n) is 24.0. The lowest BCUT2D eigenvalue weighted by Crippen LogP contribution is -2.57. The van der Waals surface area contributed by atoms with Crippen molar-refractivity contribution in [2.24, 2.45) is 0 Å². The van der Waals surface area contributed by atoms with Gasteiger partial charge in [0.05, 0.1) is 0 Å². The summed E-state index contributed by atoms with van der Waals surface area (Å²) < 4.78 is 2.75. The van der Waals surface area contributed by atoms with Crippen LogP contribution >= 0.6 is 0 Å². The van der Waals surface area contributed by atoms with Gasteiger partial charge in [0.25, 0.3) is 0 Å². The highest BCUT2D eigenvalue weighted by Crippen LogP contribution is 2.51. The normalized spacial score (nSPS) is 13.6. The van der Waals surface area contributed by atoms with Crippen LogP contribution < -0.4 is 15.8 Å². The van der Waals surface area contributed by atoms with E-state index in [1.807, 2.05) is 0 Å². The fourth-order valence-electron chi connectivity index (χ4n) is 11.2. The highest BCUT2D eigenvalue weighted by atomic mass is 15.2. The largest absolute Gasteiger partial charge is 0.375 e. The van der Waals surface area contributed by atoms with Crippen LogP contribution in [0.4, 0.5) is 17.1 Å². The summed E-state index contributed by atoms with van der Waals surface area (Å²) in [4.78, 5) is 2.60. The molecule has 0 spiro atoms. The third-order valence-corrected chi connectivity index (χ3v) is 15.2. The van der Waals surface area contributed by atoms with Gasteiger partial charge in [0.1, 0.15) is 0 Å². The molecule has 0 unspecified atom stereocenters. The molecule has 3 heteroatoms. The highest BCUT2D eigenvalue weighted by Gasteiger charge is 2.45. The van der Waals surface area contributed by atoms with Crippen LogP contribution in [0.3, 0.4) is 0 Å². The first-order chi connectivity index (χ1) is 32.2. The summed E-state index contributed by atoms with van der Waals surface area (Å²) in [6, 6.07) is 60.8. The summed E-state index contributed by atoms with van der Waals surface area (Å²) in [6.07, 6.45) is 0. The van der Waals surface area contributed by atoms with Crippen molar-refractivity contribution in [3.05, 3.63) is 186 Å². The Morgan fingerprint density at radius 2 is 0.912 bits per heavy atom. The molecule has 9 aromatic rings. The topological polar surface area (TPSA) is 8.17 Å². The molecule has 2 nitrogen and oxygen atoms in total. The van der Waals surface area contributed by atoms with E-state index in [0.717, 1.165) is 0 Å². The van der Waals surface area contributed by atoms with Crippen LogP contribution in [-0.2, 0) is 21.7 Å². The second kappa shape index (κ2) is 15.2. The molecule has 8 aromatic carbocycles. The van der Waals surface area contributed by atoms with Gasteiger partial charge < -0.3 is 9.38 Å². The molecular weight excluding hydrogens is 820 g/mol. The van der Waals surface area contributed by atoms with Crippen molar-refractivity contribution in [2.75, 3.05) is 4.90 Å². The fourth-order valence-corrected chi connectivity index (χ4v) is 11.2. The molecule has 0 radical (unpaired) electrons. The molecule has 11 rings (SSSR count). The van der Waals surface area contributed by atoms with Crippen LogP contribution in [0.25, 0.3) is 66.3 Å². The summed E-state index contributed by atoms with van der Waals surface area (Å²) in [7, 11) is 0. The zero-order valence-electron chi connectivity index (χ0n) is 42.5. The molecule has 2 aliphatic heterocycles. The molecule has 68 heavy (non-hydrogen) atoms. The number of rotatable bonds is 4. The molecule has 0 aliphatic carbocycles. The van der Waals surface area contributed by atoms with E-state index in [1.54, 1.807) is 0 Å². The van der Waals surface area contributed by atoms with Gasteiger partial charge in [0, 0.05) is 44.4 Å². The highest BCUT2D eigenvalue weighted by molar-refractivity contribution is 6.90. The monoisotopic (exact) mass is 885 g/mol. The van der Waals surface area contributed by atoms with Crippen LogP contribution in [0.2, 0.25) is 0 Å². The molecule has 0 N–H and O–H groups in total. The van der Waals surface area contributed by atoms with Gasteiger partial charge in [-0.3, -0.25) is 0 Å². The molecular formula is C65H65BN2. The third-order valence-electron chi connectivity index (χ3n) is 15.2. The Labute approximate surface area is 405 Å². The number of aromatic nitrogens is 1. The molecule has 0 atom stereocenters. The zero-order chi connectivity index (χ0) is 47.8. The summed E-state index contributed by atoms with van der Waals surface area (Å²) >= 11 is 0. The zero-order valence-corrected chi connectivity index (χ0v) is 42.5. The predicted octanol–water partition coefficient (Wildman–Crippen LogP) is 16.7. The van der Waals surface area contributed by atoms with E-state index in [2.05, 4.69) is 257 Å². The third kappa shape index (κ3) is 7.07. The van der Waals surface area contributed by atoms with Gasteiger partial charge in [-0.25, -0.2) is 0 Å². The van der Waals surface area contributed by atoms with Crippen molar-refractivity contribution in [3.8, 4) is 44.5 Å². The molecule has 0 bridgehead atoms. The number of nitrogens with zero attached hydrogens (tertiary/aromatic N) is 2. The minimum Gasteiger partial charge on any atom is -0.375 e. The number of fused-ring (bicyclic) bond motifs is 7. The molecule has 0 saturated heterocycles. The number of hydrogen-bond donors (Lipinski definition) is 0. The van der Waals surface area contributed by atoms with Crippen LogP contribution in [0, 0.1) is 6.92 Å². The quantitative estimate of drug-likeness (QED) is 0.160. The van der Waals surface area contributed by atoms with Crippen molar-refractivity contribution in [1.82, 2.24) is 4.48 Å². The molecule has 0 amide bonds. The Morgan fingerprint density at radius 1 is 0.397 bits per heavy atom. The van der Waals surface area contributed by atoms with Gasteiger partial charge >= 0.3 is 6.85 Å². The summed E-state index contributed by atoms with van der Waals surface area (Å²) in [5, 5.41) is 2.68. The average Bonchev–Trinajstić information content (AvgIpc) is 3.63. The second-order valence-corrected chi connectivity index (χ2v) is 24.0. The maximum Gasteiger partial charge on any atom is 0.333 e. The van der Waals surface area contributed by atoms with Crippen LogP contribution in [-0.4, -0.2) is 11.3 Å². The minimum absolute atomic E-state index is 0.00383. The Bertz CT molecular complexity index is 3410. The molecule has 2 aliphatic rings. The maximum atomic E-state index is 2.75. The Morgan fingerprint density at radius 3 is 1.49 bits per heavy atom. The van der Waals surface area contributed by atoms with Gasteiger partial charge in [-0.1, -0.05) is 174 Å². The van der Waals surface area contributed by atoms with Gasteiger partial charge in [0.15, 0.2) is 0 Å². The minimum atomic E-state index is -0.0766. The van der Waals surface area contributed by atoms with Gasteiger partial charge in [-0.05, 0) is 173 Å². The van der Waals surface area contributed by atoms with Crippen molar-refractivity contribution < 1.29 is 0 Å². The van der Waals surface area contributed by atoms with E-state index in [1.165, 1.54) is 122 Å². The first-order valence-electron chi connectivity index (χ1n) is 24.8. The fraction of sp³-hybridized carbons (Fsp3) is 0.262. The van der Waals surface area contributed by atoms with Crippen molar-refractivity contribution >= 4 is 56.6 Å². The molecule has 338 valence electrons. The van der Waals surface area contributed by atoms with Crippen LogP contribution in [0.5, 0.6) is 0 Å². The maximum absolute atomic E-state index is 2.75. The van der Waals surface area contributed by atoms with E-state index < -0.39 is 0 Å². The number of hydrogen-bond acceptors (Lipinski definition) is 1. The summed E-state index contributed by atoms with van der Waals surface area (Å²) in [6.45, 7) is 30.5. The van der Waals surface area contributed by atoms with Crippen LogP contribution in [0.1, 0.15) is 111 Å². The van der Waals surface area contributed by atoms with Gasteiger partial charge in [0.2, 0.25) is 0 Å². The summed E-state index contributed by atoms with van der Waals surface area (Å²) in [5.74, 6) is 0. The lowest BCUT2D eigenvalue weighted by Gasteiger charge is -2.42. The van der Waals surface area contributed by atoms with Crippen molar-refractivity contribution in [1.29, 1.82) is 0 Å². The smallest absolute Gasteiger partial charge is 0.333 e. The molecule has 1 aromatic heterocycles. The molecule has 3 heterocycles. The molecule has 0 saturated carbocycles. The number of benzene rings is 8. The first-order valence-corrected chi connectivity index (χ1v) is 24.8. The molecule has 0 fully saturated rings. The average molecular weight is 885 g/mol. The van der Waals surface area contributed by atoms with E-state index in [4.69, 9.17) is 0 Å². The Hall–Kier alpha value is -6.58.